The quantitative estimate of drug-likeness (QED) is 0.547. The van der Waals surface area contributed by atoms with E-state index in [9.17, 15) is 14.4 Å². The van der Waals surface area contributed by atoms with E-state index in [1.807, 2.05) is 18.2 Å². The third kappa shape index (κ3) is 4.04. The van der Waals surface area contributed by atoms with Crippen molar-refractivity contribution in [3.05, 3.63) is 47.8 Å². The minimum absolute atomic E-state index is 0.0111. The minimum atomic E-state index is -0.807. The maximum absolute atomic E-state index is 13.0. The first-order valence-electron chi connectivity index (χ1n) is 9.86. The van der Waals surface area contributed by atoms with Crippen molar-refractivity contribution in [1.29, 1.82) is 0 Å². The second kappa shape index (κ2) is 8.42. The van der Waals surface area contributed by atoms with Crippen LogP contribution in [0.4, 0.5) is 5.69 Å². The predicted molar refractivity (Wildman–Crippen MR) is 112 cm³/mol. The summed E-state index contributed by atoms with van der Waals surface area (Å²) in [5.41, 5.74) is 7.39. The standard InChI is InChI=1S/C21H22N6O4/c1-31-20-15(18(22)28)9-14(11-23-20)25-19(29)21(30)27-7-3-2-4-17(27)12-5-6-16-13(8-12)10-24-26-16/h5-6,8-11,17H,2-4,7H2,1H3,(H2,22,28)(H,24,26)(H,25,29)/t17-/m0/s1. The van der Waals surface area contributed by atoms with Gasteiger partial charge < -0.3 is 20.7 Å². The zero-order valence-electron chi connectivity index (χ0n) is 16.9. The van der Waals surface area contributed by atoms with Crippen molar-refractivity contribution in [3.63, 3.8) is 0 Å². The predicted octanol–water partition coefficient (Wildman–Crippen LogP) is 1.76. The number of rotatable bonds is 4. The van der Waals surface area contributed by atoms with E-state index < -0.39 is 17.7 Å². The summed E-state index contributed by atoms with van der Waals surface area (Å²) in [7, 11) is 1.36. The Kier molecular flexibility index (Phi) is 5.52. The number of hydrogen-bond donors (Lipinski definition) is 3. The van der Waals surface area contributed by atoms with Crippen LogP contribution in [0, 0.1) is 0 Å². The lowest BCUT2D eigenvalue weighted by molar-refractivity contribution is -0.145. The van der Waals surface area contributed by atoms with Crippen LogP contribution in [0.1, 0.15) is 41.2 Å². The van der Waals surface area contributed by atoms with Crippen molar-refractivity contribution < 1.29 is 19.1 Å². The van der Waals surface area contributed by atoms with Gasteiger partial charge in [0.25, 0.3) is 5.91 Å². The highest BCUT2D eigenvalue weighted by Crippen LogP contribution is 2.32. The number of nitrogens with two attached hydrogens (primary N) is 1. The molecular weight excluding hydrogens is 400 g/mol. The van der Waals surface area contributed by atoms with E-state index in [2.05, 4.69) is 20.5 Å². The maximum Gasteiger partial charge on any atom is 0.313 e. The summed E-state index contributed by atoms with van der Waals surface area (Å²) in [6.07, 6.45) is 5.58. The van der Waals surface area contributed by atoms with Crippen LogP contribution in [0.5, 0.6) is 5.88 Å². The van der Waals surface area contributed by atoms with Crippen LogP contribution in [0.3, 0.4) is 0 Å². The Labute approximate surface area is 177 Å². The number of pyridine rings is 1. The summed E-state index contributed by atoms with van der Waals surface area (Å²) in [5, 5.41) is 10.4. The number of methoxy groups -OCH3 is 1. The third-order valence-corrected chi connectivity index (χ3v) is 5.37. The molecule has 0 radical (unpaired) electrons. The molecule has 1 saturated heterocycles. The minimum Gasteiger partial charge on any atom is -0.480 e. The number of nitrogens with zero attached hydrogens (tertiary/aromatic N) is 3. The Bertz CT molecular complexity index is 1160. The van der Waals surface area contributed by atoms with Crippen LogP contribution in [-0.2, 0) is 9.59 Å². The van der Waals surface area contributed by atoms with Gasteiger partial charge in [0.1, 0.15) is 5.56 Å². The molecule has 0 bridgehead atoms. The number of hydrogen-bond acceptors (Lipinski definition) is 6. The van der Waals surface area contributed by atoms with Gasteiger partial charge in [-0.3, -0.25) is 19.5 Å². The lowest BCUT2D eigenvalue weighted by atomic mass is 9.94. The number of H-pyrrole nitrogens is 1. The highest BCUT2D eigenvalue weighted by molar-refractivity contribution is 6.39. The summed E-state index contributed by atoms with van der Waals surface area (Å²) in [4.78, 5) is 42.8. The molecule has 0 aliphatic carbocycles. The normalized spacial score (nSPS) is 16.2. The molecule has 160 valence electrons. The van der Waals surface area contributed by atoms with Gasteiger partial charge in [0.2, 0.25) is 5.88 Å². The van der Waals surface area contributed by atoms with Crippen molar-refractivity contribution in [2.24, 2.45) is 5.73 Å². The van der Waals surface area contributed by atoms with Crippen molar-refractivity contribution >= 4 is 34.3 Å². The van der Waals surface area contributed by atoms with Crippen LogP contribution in [-0.4, -0.2) is 51.5 Å². The maximum atomic E-state index is 13.0. The fourth-order valence-corrected chi connectivity index (χ4v) is 3.86. The Morgan fingerprint density at radius 2 is 2.06 bits per heavy atom. The highest BCUT2D eigenvalue weighted by atomic mass is 16.5. The first-order chi connectivity index (χ1) is 15.0. The van der Waals surface area contributed by atoms with Gasteiger partial charge in [0.15, 0.2) is 0 Å². The van der Waals surface area contributed by atoms with Crippen molar-refractivity contribution in [3.8, 4) is 5.88 Å². The molecule has 10 nitrogen and oxygen atoms in total. The fraction of sp³-hybridized carbons (Fsp3) is 0.286. The molecular formula is C21H22N6O4. The van der Waals surface area contributed by atoms with E-state index in [0.29, 0.717) is 6.54 Å². The largest absolute Gasteiger partial charge is 0.480 e. The van der Waals surface area contributed by atoms with Crippen molar-refractivity contribution in [2.45, 2.75) is 25.3 Å². The summed E-state index contributed by atoms with van der Waals surface area (Å²) in [5.74, 6) is -2.16. The summed E-state index contributed by atoms with van der Waals surface area (Å²) >= 11 is 0. The van der Waals surface area contributed by atoms with E-state index in [4.69, 9.17) is 10.5 Å². The number of amides is 3. The molecule has 3 heterocycles. The van der Waals surface area contributed by atoms with E-state index in [1.54, 1.807) is 11.1 Å². The Hall–Kier alpha value is -3.95. The molecule has 1 atom stereocenters. The number of aromatic amines is 1. The molecule has 3 amide bonds. The van der Waals surface area contributed by atoms with Crippen LogP contribution in [0.2, 0.25) is 0 Å². The van der Waals surface area contributed by atoms with Crippen molar-refractivity contribution in [2.75, 3.05) is 19.0 Å². The van der Waals surface area contributed by atoms with E-state index in [-0.39, 0.29) is 23.2 Å². The van der Waals surface area contributed by atoms with Gasteiger partial charge in [-0.05, 0) is 43.0 Å². The molecule has 4 rings (SSSR count). The van der Waals surface area contributed by atoms with Crippen LogP contribution in [0.25, 0.3) is 10.9 Å². The summed E-state index contributed by atoms with van der Waals surface area (Å²) < 4.78 is 4.99. The van der Waals surface area contributed by atoms with Crippen LogP contribution >= 0.6 is 0 Å². The van der Waals surface area contributed by atoms with Crippen molar-refractivity contribution in [1.82, 2.24) is 20.1 Å². The molecule has 0 saturated carbocycles. The first-order valence-corrected chi connectivity index (χ1v) is 9.86. The molecule has 3 aromatic rings. The number of benzene rings is 1. The van der Waals surface area contributed by atoms with E-state index in [1.165, 1.54) is 19.4 Å². The third-order valence-electron chi connectivity index (χ3n) is 5.37. The number of nitrogens with one attached hydrogen (secondary N) is 2. The average molecular weight is 422 g/mol. The topological polar surface area (TPSA) is 143 Å². The van der Waals surface area contributed by atoms with Gasteiger partial charge in [-0.2, -0.15) is 5.10 Å². The molecule has 31 heavy (non-hydrogen) atoms. The number of carbonyl (C=O) groups is 3. The lowest BCUT2D eigenvalue weighted by Crippen LogP contribution is -2.44. The zero-order chi connectivity index (χ0) is 22.0. The Morgan fingerprint density at radius 3 is 2.84 bits per heavy atom. The number of fused-ring (bicyclic) bond motifs is 1. The van der Waals surface area contributed by atoms with E-state index in [0.717, 1.165) is 35.7 Å². The van der Waals surface area contributed by atoms with Gasteiger partial charge in [-0.15, -0.1) is 0 Å². The number of likely N-dealkylation sites (tertiary alicyclic amines) is 1. The smallest absolute Gasteiger partial charge is 0.313 e. The molecule has 0 unspecified atom stereocenters. The molecule has 10 heteroatoms. The molecule has 1 aromatic carbocycles. The lowest BCUT2D eigenvalue weighted by Gasteiger charge is -2.35. The molecule has 1 aliphatic heterocycles. The molecule has 4 N–H and O–H groups in total. The summed E-state index contributed by atoms with van der Waals surface area (Å²) in [6.45, 7) is 0.480. The number of anilines is 1. The second-order valence-corrected chi connectivity index (χ2v) is 7.33. The van der Waals surface area contributed by atoms with E-state index >= 15 is 0 Å². The highest BCUT2D eigenvalue weighted by Gasteiger charge is 2.32. The number of aromatic nitrogens is 3. The average Bonchev–Trinajstić information content (AvgIpc) is 3.26. The number of ether oxygens (including phenoxy) is 1. The van der Waals surface area contributed by atoms with Gasteiger partial charge in [-0.25, -0.2) is 4.98 Å². The zero-order valence-corrected chi connectivity index (χ0v) is 16.9. The van der Waals surface area contributed by atoms with Crippen LogP contribution in [0.15, 0.2) is 36.7 Å². The van der Waals surface area contributed by atoms with Gasteiger partial charge in [0, 0.05) is 11.9 Å². The Morgan fingerprint density at radius 1 is 1.23 bits per heavy atom. The monoisotopic (exact) mass is 422 g/mol. The first kappa shape index (κ1) is 20.3. The molecule has 0 spiro atoms. The number of piperidine rings is 1. The fourth-order valence-electron chi connectivity index (χ4n) is 3.86. The van der Waals surface area contributed by atoms with Gasteiger partial charge in [0.05, 0.1) is 36.7 Å². The van der Waals surface area contributed by atoms with Gasteiger partial charge in [-0.1, -0.05) is 6.07 Å². The molecule has 2 aromatic heterocycles. The second-order valence-electron chi connectivity index (χ2n) is 7.33. The number of carbonyl (C=O) groups excluding carboxylic acids is 3. The van der Waals surface area contributed by atoms with Crippen LogP contribution < -0.4 is 15.8 Å². The molecule has 1 aliphatic rings. The summed E-state index contributed by atoms with van der Waals surface area (Å²) in [6, 6.07) is 6.98. The SMILES string of the molecule is COc1ncc(NC(=O)C(=O)N2CCCC[C@H]2c2ccc3[nH]ncc3c2)cc1C(N)=O. The number of primary amides is 1. The van der Waals surface area contributed by atoms with Gasteiger partial charge >= 0.3 is 11.8 Å². The Balaban J connectivity index is 1.54. The molecule has 1 fully saturated rings.